The average molecular weight is 345 g/mol. The van der Waals surface area contributed by atoms with Crippen LogP contribution in [0.15, 0.2) is 18.5 Å². The molecule has 25 heavy (non-hydrogen) atoms. The van der Waals surface area contributed by atoms with Crippen LogP contribution in [-0.4, -0.2) is 63.8 Å². The number of aryl methyl sites for hydroxylation is 1. The summed E-state index contributed by atoms with van der Waals surface area (Å²) in [6.07, 6.45) is 4.27. The fraction of sp³-hybridized carbons (Fsp3) is 0.500. The number of rotatable bonds is 4. The molecule has 2 N–H and O–H groups in total. The van der Waals surface area contributed by atoms with Crippen LogP contribution >= 0.6 is 0 Å². The summed E-state index contributed by atoms with van der Waals surface area (Å²) in [5, 5.41) is 4.18. The van der Waals surface area contributed by atoms with Crippen LogP contribution in [0.5, 0.6) is 5.88 Å². The van der Waals surface area contributed by atoms with Crippen LogP contribution in [-0.2, 0) is 6.54 Å². The van der Waals surface area contributed by atoms with Crippen molar-refractivity contribution < 1.29 is 9.53 Å². The molecule has 0 aliphatic carbocycles. The first-order valence-corrected chi connectivity index (χ1v) is 8.36. The van der Waals surface area contributed by atoms with Crippen molar-refractivity contribution in [2.45, 2.75) is 19.9 Å². The zero-order valence-electron chi connectivity index (χ0n) is 14.6. The standard InChI is InChI=1S/C16H23N7O2/c1-3-23-11-12(10-18-23)15(24)22-6-4-5-21(7-8-22)13-9-14(25-2)20-16(17)19-13/h9-11H,3-8H2,1-2H3,(H2,17,19,20). The summed E-state index contributed by atoms with van der Waals surface area (Å²) in [6.45, 7) is 5.52. The van der Waals surface area contributed by atoms with E-state index in [4.69, 9.17) is 10.5 Å². The predicted octanol–water partition coefficient (Wildman–Crippen LogP) is 0.636. The van der Waals surface area contributed by atoms with Crippen molar-refractivity contribution >= 4 is 17.7 Å². The van der Waals surface area contributed by atoms with E-state index in [0.29, 0.717) is 31.1 Å². The Balaban J connectivity index is 1.70. The van der Waals surface area contributed by atoms with E-state index >= 15 is 0 Å². The highest BCUT2D eigenvalue weighted by atomic mass is 16.5. The Kier molecular flexibility index (Phi) is 5.01. The van der Waals surface area contributed by atoms with Gasteiger partial charge in [0.15, 0.2) is 0 Å². The molecule has 0 atom stereocenters. The van der Waals surface area contributed by atoms with Crippen molar-refractivity contribution in [1.82, 2.24) is 24.6 Å². The van der Waals surface area contributed by atoms with E-state index in [2.05, 4.69) is 20.0 Å². The number of amides is 1. The molecule has 134 valence electrons. The van der Waals surface area contributed by atoms with Crippen LogP contribution in [0.3, 0.4) is 0 Å². The molecule has 2 aromatic heterocycles. The lowest BCUT2D eigenvalue weighted by Crippen LogP contribution is -2.35. The van der Waals surface area contributed by atoms with Crippen LogP contribution in [0.1, 0.15) is 23.7 Å². The fourth-order valence-corrected chi connectivity index (χ4v) is 2.88. The van der Waals surface area contributed by atoms with Gasteiger partial charge in [-0.05, 0) is 13.3 Å². The predicted molar refractivity (Wildman–Crippen MR) is 93.6 cm³/mol. The molecular weight excluding hydrogens is 322 g/mol. The summed E-state index contributed by atoms with van der Waals surface area (Å²) in [6, 6.07) is 1.76. The third-order valence-electron chi connectivity index (χ3n) is 4.23. The average Bonchev–Trinajstić information content (AvgIpc) is 2.97. The quantitative estimate of drug-likeness (QED) is 0.867. The van der Waals surface area contributed by atoms with Gasteiger partial charge in [0, 0.05) is 45.0 Å². The van der Waals surface area contributed by atoms with Gasteiger partial charge in [0.25, 0.3) is 5.91 Å². The normalized spacial score (nSPS) is 15.1. The molecule has 2 aromatic rings. The molecular formula is C16H23N7O2. The number of nitrogens with two attached hydrogens (primary N) is 1. The van der Waals surface area contributed by atoms with Crippen LogP contribution in [0, 0.1) is 0 Å². The number of hydrogen-bond donors (Lipinski definition) is 1. The summed E-state index contributed by atoms with van der Waals surface area (Å²) in [7, 11) is 1.55. The zero-order chi connectivity index (χ0) is 17.8. The highest BCUT2D eigenvalue weighted by molar-refractivity contribution is 5.93. The topological polar surface area (TPSA) is 102 Å². The number of hydrogen-bond acceptors (Lipinski definition) is 7. The lowest BCUT2D eigenvalue weighted by molar-refractivity contribution is 0.0767. The Morgan fingerprint density at radius 1 is 1.28 bits per heavy atom. The van der Waals surface area contributed by atoms with Crippen LogP contribution in [0.2, 0.25) is 0 Å². The minimum atomic E-state index is 0.0151. The fourth-order valence-electron chi connectivity index (χ4n) is 2.88. The first kappa shape index (κ1) is 17.0. The second-order valence-corrected chi connectivity index (χ2v) is 5.84. The van der Waals surface area contributed by atoms with Crippen molar-refractivity contribution in [3.8, 4) is 5.88 Å². The molecule has 0 bridgehead atoms. The Morgan fingerprint density at radius 2 is 2.12 bits per heavy atom. The Hall–Kier alpha value is -2.84. The van der Waals surface area contributed by atoms with Gasteiger partial charge in [0.2, 0.25) is 11.8 Å². The van der Waals surface area contributed by atoms with E-state index in [-0.39, 0.29) is 11.9 Å². The number of nitrogens with zero attached hydrogens (tertiary/aromatic N) is 6. The number of methoxy groups -OCH3 is 1. The number of ether oxygens (including phenoxy) is 1. The van der Waals surface area contributed by atoms with E-state index in [9.17, 15) is 4.79 Å². The van der Waals surface area contributed by atoms with E-state index in [1.165, 1.54) is 0 Å². The van der Waals surface area contributed by atoms with Crippen molar-refractivity contribution in [2.75, 3.05) is 43.9 Å². The van der Waals surface area contributed by atoms with Gasteiger partial charge in [0.1, 0.15) is 5.82 Å². The summed E-state index contributed by atoms with van der Waals surface area (Å²) >= 11 is 0. The molecule has 1 amide bonds. The van der Waals surface area contributed by atoms with Gasteiger partial charge >= 0.3 is 0 Å². The minimum absolute atomic E-state index is 0.0151. The summed E-state index contributed by atoms with van der Waals surface area (Å²) in [5.41, 5.74) is 6.37. The summed E-state index contributed by atoms with van der Waals surface area (Å²) in [4.78, 5) is 24.9. The largest absolute Gasteiger partial charge is 0.481 e. The van der Waals surface area contributed by atoms with Gasteiger partial charge in [-0.2, -0.15) is 15.1 Å². The first-order valence-electron chi connectivity index (χ1n) is 8.36. The molecule has 1 aliphatic heterocycles. The van der Waals surface area contributed by atoms with Gasteiger partial charge in [0.05, 0.1) is 18.9 Å². The molecule has 3 rings (SSSR count). The smallest absolute Gasteiger partial charge is 0.257 e. The van der Waals surface area contributed by atoms with Crippen molar-refractivity contribution in [1.29, 1.82) is 0 Å². The number of aromatic nitrogens is 4. The second-order valence-electron chi connectivity index (χ2n) is 5.84. The maximum Gasteiger partial charge on any atom is 0.257 e. The number of carbonyl (C=O) groups is 1. The molecule has 1 aliphatic rings. The van der Waals surface area contributed by atoms with Crippen LogP contribution in [0.25, 0.3) is 0 Å². The number of nitrogen functional groups attached to an aromatic ring is 1. The first-order chi connectivity index (χ1) is 12.1. The number of carbonyl (C=O) groups excluding carboxylic acids is 1. The highest BCUT2D eigenvalue weighted by Gasteiger charge is 2.22. The van der Waals surface area contributed by atoms with Crippen molar-refractivity contribution in [3.63, 3.8) is 0 Å². The Labute approximate surface area is 146 Å². The molecule has 3 heterocycles. The maximum absolute atomic E-state index is 12.7. The molecule has 1 saturated heterocycles. The molecule has 0 spiro atoms. The lowest BCUT2D eigenvalue weighted by atomic mass is 10.3. The van der Waals surface area contributed by atoms with E-state index in [1.807, 2.05) is 11.8 Å². The third kappa shape index (κ3) is 3.81. The molecule has 0 aromatic carbocycles. The highest BCUT2D eigenvalue weighted by Crippen LogP contribution is 2.20. The van der Waals surface area contributed by atoms with Gasteiger partial charge in [-0.3, -0.25) is 9.48 Å². The van der Waals surface area contributed by atoms with Crippen molar-refractivity contribution in [2.24, 2.45) is 0 Å². The van der Waals surface area contributed by atoms with Gasteiger partial charge in [-0.1, -0.05) is 0 Å². The van der Waals surface area contributed by atoms with E-state index < -0.39 is 0 Å². The zero-order valence-corrected chi connectivity index (χ0v) is 14.6. The summed E-state index contributed by atoms with van der Waals surface area (Å²) < 4.78 is 6.91. The minimum Gasteiger partial charge on any atom is -0.481 e. The van der Waals surface area contributed by atoms with Crippen molar-refractivity contribution in [3.05, 3.63) is 24.0 Å². The lowest BCUT2D eigenvalue weighted by Gasteiger charge is -2.23. The van der Waals surface area contributed by atoms with Gasteiger partial charge in [-0.25, -0.2) is 0 Å². The van der Waals surface area contributed by atoms with Gasteiger partial charge in [-0.15, -0.1) is 0 Å². The maximum atomic E-state index is 12.7. The second kappa shape index (κ2) is 7.37. The van der Waals surface area contributed by atoms with E-state index in [1.54, 1.807) is 30.3 Å². The molecule has 9 nitrogen and oxygen atoms in total. The Morgan fingerprint density at radius 3 is 2.84 bits per heavy atom. The molecule has 0 unspecified atom stereocenters. The molecule has 9 heteroatoms. The van der Waals surface area contributed by atoms with Crippen LogP contribution in [0.4, 0.5) is 11.8 Å². The monoisotopic (exact) mass is 345 g/mol. The molecule has 1 fully saturated rings. The molecule has 0 saturated carbocycles. The van der Waals surface area contributed by atoms with Gasteiger partial charge < -0.3 is 20.3 Å². The Bertz CT molecular complexity index is 746. The number of anilines is 2. The summed E-state index contributed by atoms with van der Waals surface area (Å²) in [5.74, 6) is 1.35. The van der Waals surface area contributed by atoms with Crippen LogP contribution < -0.4 is 15.4 Å². The molecule has 0 radical (unpaired) electrons. The SMILES string of the molecule is CCn1cc(C(=O)N2CCCN(c3cc(OC)nc(N)n3)CC2)cn1. The van der Waals surface area contributed by atoms with E-state index in [0.717, 1.165) is 25.3 Å². The third-order valence-corrected chi connectivity index (χ3v) is 4.23.